The van der Waals surface area contributed by atoms with Crippen molar-refractivity contribution in [3.05, 3.63) is 83.9 Å². The van der Waals surface area contributed by atoms with Crippen LogP contribution in [-0.4, -0.2) is 28.7 Å². The summed E-state index contributed by atoms with van der Waals surface area (Å²) in [7, 11) is 0.626. The van der Waals surface area contributed by atoms with E-state index >= 15 is 0 Å². The van der Waals surface area contributed by atoms with Crippen molar-refractivity contribution >= 4 is 15.0 Å². The Morgan fingerprint density at radius 3 is 2.00 bits per heavy atom. The van der Waals surface area contributed by atoms with Gasteiger partial charge in [0.2, 0.25) is 9.04 Å². The van der Waals surface area contributed by atoms with Gasteiger partial charge in [-0.1, -0.05) is 67.2 Å². The highest BCUT2D eigenvalue weighted by molar-refractivity contribution is 6.54. The van der Waals surface area contributed by atoms with Crippen LogP contribution in [0.1, 0.15) is 30.0 Å². The maximum Gasteiger partial charge on any atom is 0.333 e. The topological polar surface area (TPSA) is 35.5 Å². The minimum absolute atomic E-state index is 0.245. The van der Waals surface area contributed by atoms with Gasteiger partial charge in [-0.3, -0.25) is 0 Å². The third kappa shape index (κ3) is 5.69. The summed E-state index contributed by atoms with van der Waals surface area (Å²) in [4.78, 5) is 11.5. The molecule has 0 N–H and O–H groups in total. The molecule has 0 aromatic heterocycles. The van der Waals surface area contributed by atoms with Crippen molar-refractivity contribution < 1.29 is 14.0 Å². The second kappa shape index (κ2) is 9.96. The van der Waals surface area contributed by atoms with Crippen LogP contribution in [0.3, 0.4) is 0 Å². The molecule has 2 aromatic carbocycles. The number of hydrogen-bond donors (Lipinski definition) is 0. The van der Waals surface area contributed by atoms with E-state index in [-0.39, 0.29) is 11.5 Å². The first-order valence-electron chi connectivity index (χ1n) is 8.45. The Bertz CT molecular complexity index is 631. The largest absolute Gasteiger partial charge is 0.462 e. The Labute approximate surface area is 152 Å². The predicted octanol–water partition coefficient (Wildman–Crippen LogP) is 4.51. The molecule has 0 saturated carbocycles. The standard InChI is InChI=1S/C21H25O3Si/c1-17(2)21(22)24-15-10-16-25(23-3)20(18-11-6-4-7-12-18)19-13-8-5-9-14-19/h4-9,11-14,20H,1,10,15-16H2,2-3H3. The monoisotopic (exact) mass is 353 g/mol. The Morgan fingerprint density at radius 2 is 1.56 bits per heavy atom. The maximum absolute atomic E-state index is 11.5. The molecule has 0 saturated heterocycles. The van der Waals surface area contributed by atoms with E-state index in [0.29, 0.717) is 12.2 Å². The predicted molar refractivity (Wildman–Crippen MR) is 103 cm³/mol. The van der Waals surface area contributed by atoms with Gasteiger partial charge in [0.25, 0.3) is 0 Å². The minimum atomic E-state index is -1.16. The van der Waals surface area contributed by atoms with Gasteiger partial charge in [0.1, 0.15) is 0 Å². The summed E-state index contributed by atoms with van der Waals surface area (Å²) in [5.74, 6) is -0.325. The number of hydrogen-bond acceptors (Lipinski definition) is 3. The van der Waals surface area contributed by atoms with Crippen molar-refractivity contribution in [2.24, 2.45) is 0 Å². The number of benzene rings is 2. The van der Waals surface area contributed by atoms with Crippen LogP contribution < -0.4 is 0 Å². The average Bonchev–Trinajstić information content (AvgIpc) is 2.65. The molecule has 0 heterocycles. The van der Waals surface area contributed by atoms with E-state index in [4.69, 9.17) is 9.16 Å². The number of rotatable bonds is 9. The minimum Gasteiger partial charge on any atom is -0.462 e. The third-order valence-corrected chi connectivity index (χ3v) is 6.68. The molecule has 3 nitrogen and oxygen atoms in total. The maximum atomic E-state index is 11.5. The zero-order chi connectivity index (χ0) is 18.1. The summed E-state index contributed by atoms with van der Waals surface area (Å²) in [6.45, 7) is 5.66. The fourth-order valence-electron chi connectivity index (χ4n) is 2.75. The first-order valence-corrected chi connectivity index (χ1v) is 10.1. The zero-order valence-corrected chi connectivity index (χ0v) is 15.9. The van der Waals surface area contributed by atoms with Gasteiger partial charge in [0, 0.05) is 18.2 Å². The highest BCUT2D eigenvalue weighted by Gasteiger charge is 2.27. The summed E-state index contributed by atoms with van der Waals surface area (Å²) >= 11 is 0. The van der Waals surface area contributed by atoms with Crippen molar-refractivity contribution in [3.63, 3.8) is 0 Å². The second-order valence-electron chi connectivity index (χ2n) is 5.94. The van der Waals surface area contributed by atoms with Gasteiger partial charge in [-0.2, -0.15) is 0 Å². The average molecular weight is 354 g/mol. The summed E-state index contributed by atoms with van der Waals surface area (Å²) in [5, 5.41) is 0. The first-order chi connectivity index (χ1) is 12.1. The fraction of sp³-hybridized carbons (Fsp3) is 0.286. The molecule has 0 aliphatic carbocycles. The van der Waals surface area contributed by atoms with Gasteiger partial charge in [-0.15, -0.1) is 0 Å². The third-order valence-electron chi connectivity index (χ3n) is 4.00. The molecule has 25 heavy (non-hydrogen) atoms. The molecule has 4 heteroatoms. The molecule has 0 unspecified atom stereocenters. The Kier molecular flexibility index (Phi) is 7.63. The summed E-state index contributed by atoms with van der Waals surface area (Å²) in [6, 6.07) is 21.8. The number of carbonyl (C=O) groups is 1. The molecule has 0 atom stereocenters. The lowest BCUT2D eigenvalue weighted by atomic mass is 10.0. The second-order valence-corrected chi connectivity index (χ2v) is 8.36. The Hall–Kier alpha value is -2.17. The van der Waals surface area contributed by atoms with E-state index in [2.05, 4.69) is 55.1 Å². The normalized spacial score (nSPS) is 10.9. The van der Waals surface area contributed by atoms with Gasteiger partial charge < -0.3 is 9.16 Å². The molecule has 0 fully saturated rings. The molecular weight excluding hydrogens is 328 g/mol. The van der Waals surface area contributed by atoms with Gasteiger partial charge >= 0.3 is 5.97 Å². The van der Waals surface area contributed by atoms with E-state index < -0.39 is 9.04 Å². The fourth-order valence-corrected chi connectivity index (χ4v) is 5.10. The van der Waals surface area contributed by atoms with E-state index in [1.54, 1.807) is 14.0 Å². The van der Waals surface area contributed by atoms with Crippen molar-refractivity contribution in [2.45, 2.75) is 24.9 Å². The molecular formula is C21H25O3Si. The van der Waals surface area contributed by atoms with Crippen molar-refractivity contribution in [1.29, 1.82) is 0 Å². The highest BCUT2D eigenvalue weighted by Crippen LogP contribution is 2.29. The van der Waals surface area contributed by atoms with Crippen LogP contribution in [0.4, 0.5) is 0 Å². The Balaban J connectivity index is 2.09. The summed E-state index contributed by atoms with van der Waals surface area (Å²) < 4.78 is 11.1. The van der Waals surface area contributed by atoms with E-state index in [1.165, 1.54) is 11.1 Å². The first kappa shape index (κ1) is 19.2. The van der Waals surface area contributed by atoms with Crippen LogP contribution in [-0.2, 0) is 14.0 Å². The number of carbonyl (C=O) groups excluding carboxylic acids is 1. The van der Waals surface area contributed by atoms with E-state index in [1.807, 2.05) is 12.1 Å². The van der Waals surface area contributed by atoms with Gasteiger partial charge in [-0.05, 0) is 30.5 Å². The SMILES string of the molecule is C=C(C)C(=O)OCCC[Si](OC)C(c1ccccc1)c1ccccc1. The molecule has 0 aliphatic rings. The van der Waals surface area contributed by atoms with Crippen LogP contribution in [0, 0.1) is 0 Å². The van der Waals surface area contributed by atoms with E-state index in [0.717, 1.165) is 12.5 Å². The summed E-state index contributed by atoms with van der Waals surface area (Å²) in [5.41, 5.74) is 3.21. The quantitative estimate of drug-likeness (QED) is 0.288. The molecule has 2 aromatic rings. The lowest BCUT2D eigenvalue weighted by Crippen LogP contribution is -2.28. The van der Waals surface area contributed by atoms with E-state index in [9.17, 15) is 4.79 Å². The van der Waals surface area contributed by atoms with Crippen LogP contribution in [0.25, 0.3) is 0 Å². The van der Waals surface area contributed by atoms with Crippen molar-refractivity contribution in [2.75, 3.05) is 13.7 Å². The summed E-state index contributed by atoms with van der Waals surface area (Å²) in [6.07, 6.45) is 0.789. The lowest BCUT2D eigenvalue weighted by Gasteiger charge is -2.25. The van der Waals surface area contributed by atoms with Crippen LogP contribution in [0.5, 0.6) is 0 Å². The molecule has 1 radical (unpaired) electrons. The highest BCUT2D eigenvalue weighted by atomic mass is 28.3. The van der Waals surface area contributed by atoms with Crippen LogP contribution >= 0.6 is 0 Å². The number of ether oxygens (including phenoxy) is 1. The molecule has 131 valence electrons. The van der Waals surface area contributed by atoms with Gasteiger partial charge in [0.15, 0.2) is 0 Å². The Morgan fingerprint density at radius 1 is 1.04 bits per heavy atom. The molecule has 0 amide bonds. The molecule has 0 aliphatic heterocycles. The van der Waals surface area contributed by atoms with Crippen LogP contribution in [0.2, 0.25) is 6.04 Å². The van der Waals surface area contributed by atoms with Crippen LogP contribution in [0.15, 0.2) is 72.8 Å². The lowest BCUT2D eigenvalue weighted by molar-refractivity contribution is -0.138. The van der Waals surface area contributed by atoms with Gasteiger partial charge in [0.05, 0.1) is 6.61 Å². The van der Waals surface area contributed by atoms with Crippen molar-refractivity contribution in [3.8, 4) is 0 Å². The smallest absolute Gasteiger partial charge is 0.333 e. The zero-order valence-electron chi connectivity index (χ0n) is 14.9. The molecule has 0 spiro atoms. The van der Waals surface area contributed by atoms with Gasteiger partial charge in [-0.25, -0.2) is 4.79 Å². The molecule has 0 bridgehead atoms. The van der Waals surface area contributed by atoms with Crippen molar-refractivity contribution in [1.82, 2.24) is 0 Å². The molecule has 2 rings (SSSR count). The number of esters is 1.